The Kier molecular flexibility index (Phi) is 25.4. The van der Waals surface area contributed by atoms with Crippen molar-refractivity contribution in [1.29, 1.82) is 0 Å². The van der Waals surface area contributed by atoms with Crippen LogP contribution in [-0.4, -0.2) is 49.8 Å². The first-order chi connectivity index (χ1) is 17.3. The molecule has 0 aliphatic heterocycles. The first-order valence-corrected chi connectivity index (χ1v) is 17.3. The molecule has 0 saturated heterocycles. The average Bonchev–Trinajstić information content (AvgIpc) is 2.83. The van der Waals surface area contributed by atoms with Crippen LogP contribution in [0.15, 0.2) is 0 Å². The lowest BCUT2D eigenvalue weighted by Crippen LogP contribution is -2.41. The number of unbranched alkanes of at least 4 members (excludes halogenated alkanes) is 19. The molecule has 0 rings (SSSR count). The maximum Gasteiger partial charge on any atom is 0.472 e. The quantitative estimate of drug-likeness (QED) is 0.0589. The van der Waals surface area contributed by atoms with Crippen LogP contribution >= 0.6 is 7.82 Å². The standard InChI is InChI=1S/C30H64NO4P/c1-5-7-9-11-13-15-16-17-19-23-27-31(3,4)28-24-20-22-26-30-35-36(32,33)34-29-25-21-18-14-12-10-8-6-2/h5-30H2,1-4H3/p+1. The van der Waals surface area contributed by atoms with Crippen molar-refractivity contribution >= 4 is 7.82 Å². The number of hydrogen-bond acceptors (Lipinski definition) is 3. The zero-order valence-electron chi connectivity index (χ0n) is 25.0. The second-order valence-corrected chi connectivity index (χ2v) is 13.0. The Morgan fingerprint density at radius 3 is 1.11 bits per heavy atom. The first kappa shape index (κ1) is 36.1. The van der Waals surface area contributed by atoms with Gasteiger partial charge in [-0.1, -0.05) is 117 Å². The van der Waals surface area contributed by atoms with E-state index in [4.69, 9.17) is 9.05 Å². The number of rotatable bonds is 29. The molecule has 0 bridgehead atoms. The van der Waals surface area contributed by atoms with Gasteiger partial charge >= 0.3 is 7.82 Å². The van der Waals surface area contributed by atoms with Gasteiger partial charge in [0, 0.05) is 0 Å². The lowest BCUT2D eigenvalue weighted by molar-refractivity contribution is -0.890. The molecule has 0 aromatic carbocycles. The Morgan fingerprint density at radius 2 is 0.778 bits per heavy atom. The summed E-state index contributed by atoms with van der Waals surface area (Å²) in [7, 11) is 0.822. The molecule has 5 nitrogen and oxygen atoms in total. The maximum atomic E-state index is 12.0. The molecule has 0 aromatic heterocycles. The maximum absolute atomic E-state index is 12.0. The van der Waals surface area contributed by atoms with Crippen molar-refractivity contribution in [2.24, 2.45) is 0 Å². The van der Waals surface area contributed by atoms with E-state index in [1.807, 2.05) is 0 Å². The second kappa shape index (κ2) is 25.4. The van der Waals surface area contributed by atoms with Crippen LogP contribution in [0.25, 0.3) is 0 Å². The average molecular weight is 535 g/mol. The van der Waals surface area contributed by atoms with Crippen molar-refractivity contribution in [3.05, 3.63) is 0 Å². The third-order valence-electron chi connectivity index (χ3n) is 7.28. The van der Waals surface area contributed by atoms with E-state index in [0.717, 1.165) is 36.6 Å². The van der Waals surface area contributed by atoms with Crippen molar-refractivity contribution < 1.29 is 23.0 Å². The van der Waals surface area contributed by atoms with E-state index in [1.54, 1.807) is 0 Å². The van der Waals surface area contributed by atoms with E-state index in [9.17, 15) is 9.46 Å². The van der Waals surface area contributed by atoms with Gasteiger partial charge in [-0.25, -0.2) is 4.57 Å². The first-order valence-electron chi connectivity index (χ1n) is 15.8. The van der Waals surface area contributed by atoms with Crippen molar-refractivity contribution in [2.75, 3.05) is 40.4 Å². The molecule has 0 radical (unpaired) electrons. The highest BCUT2D eigenvalue weighted by molar-refractivity contribution is 7.47. The molecule has 1 N–H and O–H groups in total. The monoisotopic (exact) mass is 534 g/mol. The van der Waals surface area contributed by atoms with Crippen molar-refractivity contribution in [1.82, 2.24) is 0 Å². The van der Waals surface area contributed by atoms with Crippen LogP contribution in [-0.2, 0) is 13.6 Å². The van der Waals surface area contributed by atoms with Crippen LogP contribution in [0, 0.1) is 0 Å². The van der Waals surface area contributed by atoms with Crippen LogP contribution in [0.3, 0.4) is 0 Å². The SMILES string of the molecule is CCCCCCCCCCCC[N+](C)(C)CCCCCCOP(=O)(O)OCCCCCCCCCC. The number of quaternary nitrogens is 1. The summed E-state index contributed by atoms with van der Waals surface area (Å²) < 4.78 is 23.4. The fourth-order valence-electron chi connectivity index (χ4n) is 4.77. The molecular weight excluding hydrogens is 469 g/mol. The Labute approximate surface area is 226 Å². The predicted octanol–water partition coefficient (Wildman–Crippen LogP) is 9.82. The Hall–Kier alpha value is 0.0700. The van der Waals surface area contributed by atoms with Gasteiger partial charge in [-0.15, -0.1) is 0 Å². The normalized spacial score (nSPS) is 13.8. The molecule has 0 aromatic rings. The summed E-state index contributed by atoms with van der Waals surface area (Å²) in [6.45, 7) is 7.61. The highest BCUT2D eigenvalue weighted by Crippen LogP contribution is 2.43. The summed E-state index contributed by atoms with van der Waals surface area (Å²) in [6.07, 6.45) is 27.7. The fraction of sp³-hybridized carbons (Fsp3) is 1.00. The van der Waals surface area contributed by atoms with Gasteiger partial charge in [-0.3, -0.25) is 9.05 Å². The summed E-state index contributed by atoms with van der Waals surface area (Å²) in [5.41, 5.74) is 0. The van der Waals surface area contributed by atoms with E-state index in [2.05, 4.69) is 27.9 Å². The number of phosphoric ester groups is 1. The number of nitrogens with zero attached hydrogens (tertiary/aromatic N) is 1. The molecule has 0 amide bonds. The molecule has 0 aliphatic rings. The summed E-state index contributed by atoms with van der Waals surface area (Å²) in [5.74, 6) is 0. The van der Waals surface area contributed by atoms with Crippen LogP contribution in [0.1, 0.15) is 155 Å². The third-order valence-corrected chi connectivity index (χ3v) is 8.30. The van der Waals surface area contributed by atoms with E-state index < -0.39 is 7.82 Å². The molecule has 218 valence electrons. The highest BCUT2D eigenvalue weighted by Gasteiger charge is 2.20. The molecule has 1 unspecified atom stereocenters. The summed E-state index contributed by atoms with van der Waals surface area (Å²) in [4.78, 5) is 9.83. The molecular formula is C30H65NO4P+. The van der Waals surface area contributed by atoms with Crippen LogP contribution < -0.4 is 0 Å². The van der Waals surface area contributed by atoms with Crippen molar-refractivity contribution in [2.45, 2.75) is 155 Å². The number of phosphoric acid groups is 1. The zero-order chi connectivity index (χ0) is 26.8. The zero-order valence-corrected chi connectivity index (χ0v) is 25.8. The summed E-state index contributed by atoms with van der Waals surface area (Å²) in [6, 6.07) is 0. The molecule has 0 aliphatic carbocycles. The van der Waals surface area contributed by atoms with Crippen LogP contribution in [0.5, 0.6) is 0 Å². The van der Waals surface area contributed by atoms with Gasteiger partial charge in [0.25, 0.3) is 0 Å². The molecule has 36 heavy (non-hydrogen) atoms. The highest BCUT2D eigenvalue weighted by atomic mass is 31.2. The lowest BCUT2D eigenvalue weighted by atomic mass is 10.1. The minimum absolute atomic E-state index is 0.308. The van der Waals surface area contributed by atoms with E-state index >= 15 is 0 Å². The van der Waals surface area contributed by atoms with Crippen LogP contribution in [0.4, 0.5) is 0 Å². The van der Waals surface area contributed by atoms with E-state index in [0.29, 0.717) is 13.2 Å². The summed E-state index contributed by atoms with van der Waals surface area (Å²) >= 11 is 0. The van der Waals surface area contributed by atoms with E-state index in [-0.39, 0.29) is 0 Å². The largest absolute Gasteiger partial charge is 0.472 e. The predicted molar refractivity (Wildman–Crippen MR) is 156 cm³/mol. The van der Waals surface area contributed by atoms with Gasteiger partial charge in [0.1, 0.15) is 0 Å². The van der Waals surface area contributed by atoms with Gasteiger partial charge in [-0.2, -0.15) is 0 Å². The second-order valence-electron chi connectivity index (χ2n) is 11.6. The van der Waals surface area contributed by atoms with Gasteiger partial charge in [0.2, 0.25) is 0 Å². The van der Waals surface area contributed by atoms with Crippen LogP contribution in [0.2, 0.25) is 0 Å². The Balaban J connectivity index is 3.52. The topological polar surface area (TPSA) is 55.8 Å². The third kappa shape index (κ3) is 27.1. The molecule has 1 atom stereocenters. The Morgan fingerprint density at radius 1 is 0.500 bits per heavy atom. The summed E-state index contributed by atoms with van der Waals surface area (Å²) in [5, 5.41) is 0. The van der Waals surface area contributed by atoms with Crippen molar-refractivity contribution in [3.8, 4) is 0 Å². The minimum Gasteiger partial charge on any atom is -0.328 e. The fourth-order valence-corrected chi connectivity index (χ4v) is 5.56. The van der Waals surface area contributed by atoms with Gasteiger partial charge in [0.05, 0.1) is 40.4 Å². The van der Waals surface area contributed by atoms with E-state index in [1.165, 1.54) is 122 Å². The van der Waals surface area contributed by atoms with Gasteiger partial charge < -0.3 is 9.38 Å². The minimum atomic E-state index is -3.88. The van der Waals surface area contributed by atoms with Gasteiger partial charge in [0.15, 0.2) is 0 Å². The van der Waals surface area contributed by atoms with Gasteiger partial charge in [-0.05, 0) is 38.5 Å². The number of hydrogen-bond donors (Lipinski definition) is 1. The molecule has 0 fully saturated rings. The lowest BCUT2D eigenvalue weighted by Gasteiger charge is -2.30. The molecule has 0 spiro atoms. The van der Waals surface area contributed by atoms with Crippen molar-refractivity contribution in [3.63, 3.8) is 0 Å². The molecule has 0 heterocycles. The molecule has 0 saturated carbocycles. The smallest absolute Gasteiger partial charge is 0.328 e. The Bertz CT molecular complexity index is 501. The molecule has 6 heteroatoms.